The lowest BCUT2D eigenvalue weighted by molar-refractivity contribution is 0.178. The molecule has 0 atom stereocenters. The molecule has 0 aliphatic carbocycles. The average Bonchev–Trinajstić information content (AvgIpc) is 3.09. The summed E-state index contributed by atoms with van der Waals surface area (Å²) in [7, 11) is -4.02. The molecular formula is C39H48O9S2. The Bertz CT molecular complexity index is 1540. The van der Waals surface area contributed by atoms with Crippen LogP contribution in [0.3, 0.4) is 0 Å². The van der Waals surface area contributed by atoms with Crippen molar-refractivity contribution in [1.29, 1.82) is 0 Å². The van der Waals surface area contributed by atoms with E-state index in [0.29, 0.717) is 39.6 Å². The van der Waals surface area contributed by atoms with Crippen LogP contribution in [0.25, 0.3) is 0 Å². The predicted octanol–water partition coefficient (Wildman–Crippen LogP) is 8.82. The van der Waals surface area contributed by atoms with Crippen LogP contribution in [0.5, 0.6) is 17.2 Å². The summed E-state index contributed by atoms with van der Waals surface area (Å²) in [6.07, 6.45) is 4.24. The third-order valence-corrected chi connectivity index (χ3v) is 7.12. The van der Waals surface area contributed by atoms with E-state index in [1.54, 1.807) is 12.1 Å². The van der Waals surface area contributed by atoms with Crippen molar-refractivity contribution >= 4 is 22.7 Å². The largest absolute Gasteiger partial charge is 0.498 e. The molecule has 270 valence electrons. The van der Waals surface area contributed by atoms with Crippen LogP contribution in [-0.2, 0) is 24.3 Å². The molecule has 0 aliphatic rings. The summed E-state index contributed by atoms with van der Waals surface area (Å²) in [5, 5.41) is 0. The number of para-hydroxylation sites is 2. The second-order valence-electron chi connectivity index (χ2n) is 9.98. The molecule has 0 radical (unpaired) electrons. The van der Waals surface area contributed by atoms with Gasteiger partial charge >= 0.3 is 0 Å². The first-order valence-corrected chi connectivity index (χ1v) is 17.4. The molecule has 0 unspecified atom stereocenters. The van der Waals surface area contributed by atoms with Crippen molar-refractivity contribution in [3.05, 3.63) is 152 Å². The van der Waals surface area contributed by atoms with Crippen LogP contribution in [0.1, 0.15) is 16.7 Å². The fraction of sp³-hybridized carbons (Fsp3) is 0.231. The summed E-state index contributed by atoms with van der Waals surface area (Å²) in [6.45, 7) is 19.4. The molecule has 0 bridgehead atoms. The number of benzene rings is 4. The first kappa shape index (κ1) is 43.2. The summed E-state index contributed by atoms with van der Waals surface area (Å²) >= 11 is 4.30. The predicted molar refractivity (Wildman–Crippen MR) is 202 cm³/mol. The lowest BCUT2D eigenvalue weighted by atomic mass is 10.1. The highest BCUT2D eigenvalue weighted by molar-refractivity contribution is 7.85. The van der Waals surface area contributed by atoms with Gasteiger partial charge in [-0.25, -0.2) is 0 Å². The molecular weight excluding hydrogens is 677 g/mol. The number of thiol groups is 1. The Labute approximate surface area is 302 Å². The highest BCUT2D eigenvalue weighted by Crippen LogP contribution is 2.26. The zero-order valence-electron chi connectivity index (χ0n) is 28.9. The van der Waals surface area contributed by atoms with Crippen molar-refractivity contribution in [2.24, 2.45) is 0 Å². The Hall–Kier alpha value is -4.84. The molecule has 4 aromatic rings. The van der Waals surface area contributed by atoms with Crippen molar-refractivity contribution in [3.63, 3.8) is 0 Å². The minimum Gasteiger partial charge on any atom is -0.498 e. The number of hydrogen-bond acceptors (Lipinski definition) is 9. The average molecular weight is 725 g/mol. The molecule has 0 heterocycles. The van der Waals surface area contributed by atoms with Gasteiger partial charge in [-0.15, -0.1) is 12.6 Å². The molecule has 4 aromatic carbocycles. The number of rotatable bonds is 16. The molecule has 0 saturated carbocycles. The molecule has 0 saturated heterocycles. The van der Waals surface area contributed by atoms with Crippen LogP contribution in [0.4, 0.5) is 0 Å². The summed E-state index contributed by atoms with van der Waals surface area (Å²) in [5.74, 6) is 2.65. The maximum atomic E-state index is 10.5. The second kappa shape index (κ2) is 26.1. The van der Waals surface area contributed by atoms with Crippen LogP contribution in [0.2, 0.25) is 0 Å². The van der Waals surface area contributed by atoms with Crippen molar-refractivity contribution < 1.29 is 41.4 Å². The summed E-state index contributed by atoms with van der Waals surface area (Å²) in [5.41, 5.74) is 3.15. The molecule has 0 amide bonds. The monoisotopic (exact) mass is 724 g/mol. The SMILES string of the molecule is C=COCCOc1c(C)cc(S)cc1C.C=COCCOc1ccccc1.C=COCCOc1ccccc1.Cc1ccc(S(=O)(=O)O)cc1. The molecule has 0 aliphatic heterocycles. The zero-order valence-corrected chi connectivity index (χ0v) is 30.6. The van der Waals surface area contributed by atoms with Gasteiger partial charge in [0.25, 0.3) is 10.1 Å². The van der Waals surface area contributed by atoms with Gasteiger partial charge in [-0.1, -0.05) is 73.8 Å². The first-order chi connectivity index (χ1) is 24.0. The Balaban J connectivity index is 0.000000336. The summed E-state index contributed by atoms with van der Waals surface area (Å²) in [4.78, 5) is 0.891. The fourth-order valence-electron chi connectivity index (χ4n) is 3.76. The third kappa shape index (κ3) is 20.5. The van der Waals surface area contributed by atoms with Gasteiger partial charge in [0.1, 0.15) is 56.9 Å². The molecule has 0 fully saturated rings. The fourth-order valence-corrected chi connectivity index (χ4v) is 4.62. The van der Waals surface area contributed by atoms with Crippen LogP contribution in [-0.4, -0.2) is 52.6 Å². The standard InChI is InChI=1S/C12H16O2S.2C10H12O2.C7H8O3S/c1-4-13-5-6-14-12-9(2)7-11(15)8-10(12)3;2*1-2-11-8-9-12-10-6-4-3-5-7-10;1-6-2-4-7(5-3-6)11(8,9)10/h4,7-8,15H,1,5-6H2,2-3H3;2*2-7H,1,8-9H2;2-5H,1H3,(H,8,9,10). The molecule has 4 rings (SSSR count). The van der Waals surface area contributed by atoms with Crippen molar-refractivity contribution in [3.8, 4) is 17.2 Å². The topological polar surface area (TPSA) is 110 Å². The molecule has 11 heteroatoms. The van der Waals surface area contributed by atoms with Gasteiger partial charge in [-0.05, 0) is 80.4 Å². The van der Waals surface area contributed by atoms with Crippen molar-refractivity contribution in [2.75, 3.05) is 39.6 Å². The maximum Gasteiger partial charge on any atom is 0.294 e. The molecule has 50 heavy (non-hydrogen) atoms. The van der Waals surface area contributed by atoms with Crippen LogP contribution in [0.15, 0.2) is 145 Å². The van der Waals surface area contributed by atoms with Crippen LogP contribution >= 0.6 is 12.6 Å². The Kier molecular flexibility index (Phi) is 22.5. The molecule has 0 spiro atoms. The van der Waals surface area contributed by atoms with Crippen LogP contribution < -0.4 is 14.2 Å². The number of hydrogen-bond donors (Lipinski definition) is 2. The van der Waals surface area contributed by atoms with E-state index in [-0.39, 0.29) is 4.90 Å². The second-order valence-corrected chi connectivity index (χ2v) is 11.9. The maximum absolute atomic E-state index is 10.5. The highest BCUT2D eigenvalue weighted by atomic mass is 32.2. The van der Waals surface area contributed by atoms with E-state index in [1.165, 1.54) is 30.9 Å². The molecule has 1 N–H and O–H groups in total. The van der Waals surface area contributed by atoms with Gasteiger partial charge < -0.3 is 28.4 Å². The van der Waals surface area contributed by atoms with E-state index in [0.717, 1.165) is 38.8 Å². The van der Waals surface area contributed by atoms with Crippen LogP contribution in [0, 0.1) is 20.8 Å². The minimum atomic E-state index is -4.02. The zero-order chi connectivity index (χ0) is 37.0. The molecule has 0 aromatic heterocycles. The Morgan fingerprint density at radius 3 is 1.34 bits per heavy atom. The Morgan fingerprint density at radius 1 is 0.600 bits per heavy atom. The molecule has 9 nitrogen and oxygen atoms in total. The minimum absolute atomic E-state index is 0.0666. The summed E-state index contributed by atoms with van der Waals surface area (Å²) < 4.78 is 60.6. The normalized spacial score (nSPS) is 9.78. The van der Waals surface area contributed by atoms with E-state index < -0.39 is 10.1 Å². The van der Waals surface area contributed by atoms with E-state index in [2.05, 4.69) is 32.4 Å². The van der Waals surface area contributed by atoms with Gasteiger partial charge in [0.15, 0.2) is 0 Å². The van der Waals surface area contributed by atoms with E-state index in [9.17, 15) is 8.42 Å². The lowest BCUT2D eigenvalue weighted by Crippen LogP contribution is -2.06. The van der Waals surface area contributed by atoms with E-state index in [4.69, 9.17) is 33.0 Å². The van der Waals surface area contributed by atoms with Gasteiger partial charge in [-0.3, -0.25) is 4.55 Å². The quantitative estimate of drug-likeness (QED) is 0.0507. The highest BCUT2D eigenvalue weighted by Gasteiger charge is 2.07. The first-order valence-electron chi connectivity index (χ1n) is 15.5. The van der Waals surface area contributed by atoms with Gasteiger partial charge in [0.05, 0.1) is 23.7 Å². The number of ether oxygens (including phenoxy) is 6. The van der Waals surface area contributed by atoms with Gasteiger partial charge in [-0.2, -0.15) is 8.42 Å². The Morgan fingerprint density at radius 2 is 0.980 bits per heavy atom. The van der Waals surface area contributed by atoms with Crippen molar-refractivity contribution in [2.45, 2.75) is 30.6 Å². The smallest absolute Gasteiger partial charge is 0.294 e. The van der Waals surface area contributed by atoms with E-state index >= 15 is 0 Å². The van der Waals surface area contributed by atoms with Gasteiger partial charge in [0.2, 0.25) is 0 Å². The van der Waals surface area contributed by atoms with Gasteiger partial charge in [0, 0.05) is 4.90 Å². The van der Waals surface area contributed by atoms with Crippen molar-refractivity contribution in [1.82, 2.24) is 0 Å². The number of aryl methyl sites for hydroxylation is 3. The van der Waals surface area contributed by atoms with E-state index in [1.807, 2.05) is 93.6 Å². The third-order valence-electron chi connectivity index (χ3n) is 5.99. The summed E-state index contributed by atoms with van der Waals surface area (Å²) in [6, 6.07) is 29.2. The lowest BCUT2D eigenvalue weighted by Gasteiger charge is -2.12.